The average Bonchev–Trinajstić information content (AvgIpc) is 2.45. The summed E-state index contributed by atoms with van der Waals surface area (Å²) in [5.41, 5.74) is 7.26. The third-order valence-corrected chi connectivity index (χ3v) is 3.15. The van der Waals surface area contributed by atoms with Crippen molar-refractivity contribution in [2.24, 2.45) is 0 Å². The zero-order valence-corrected chi connectivity index (χ0v) is 11.1. The van der Waals surface area contributed by atoms with Crippen LogP contribution in [0, 0.1) is 11.8 Å². The molecule has 0 radical (unpaired) electrons. The van der Waals surface area contributed by atoms with Crippen molar-refractivity contribution < 1.29 is 4.42 Å². The number of nitrogens with two attached hydrogens (primary N) is 1. The predicted octanol–water partition coefficient (Wildman–Crippen LogP) is 3.29. The fourth-order valence-electron chi connectivity index (χ4n) is 2.22. The van der Waals surface area contributed by atoms with Crippen LogP contribution in [0.25, 0.3) is 21.7 Å². The number of hydrogen-bond acceptors (Lipinski definition) is 3. The third-order valence-electron chi connectivity index (χ3n) is 3.15. The molecule has 0 spiro atoms. The van der Waals surface area contributed by atoms with E-state index in [0.717, 1.165) is 22.8 Å². The molecule has 1 aromatic heterocycles. The van der Waals surface area contributed by atoms with E-state index in [2.05, 4.69) is 11.8 Å². The molecule has 0 aliphatic rings. The van der Waals surface area contributed by atoms with E-state index in [-0.39, 0.29) is 5.63 Å². The molecule has 3 nitrogen and oxygen atoms in total. The molecule has 0 atom stereocenters. The zero-order valence-electron chi connectivity index (χ0n) is 11.1. The van der Waals surface area contributed by atoms with Crippen LogP contribution in [0.4, 0.5) is 5.69 Å². The number of rotatable bonds is 0. The molecule has 2 N–H and O–H groups in total. The summed E-state index contributed by atoms with van der Waals surface area (Å²) in [4.78, 5) is 12.1. The Kier molecular flexibility index (Phi) is 2.92. The molecule has 3 heteroatoms. The molecule has 98 valence electrons. The fraction of sp³-hybridized carbons (Fsp3) is 0.118. The van der Waals surface area contributed by atoms with E-state index in [1.165, 1.54) is 0 Å². The van der Waals surface area contributed by atoms with E-state index in [0.29, 0.717) is 16.7 Å². The minimum absolute atomic E-state index is 0.363. The predicted molar refractivity (Wildman–Crippen MR) is 81.6 cm³/mol. The molecule has 1 heterocycles. The minimum atomic E-state index is -0.363. The molecule has 0 unspecified atom stereocenters. The summed E-state index contributed by atoms with van der Waals surface area (Å²) >= 11 is 0. The highest BCUT2D eigenvalue weighted by molar-refractivity contribution is 6.05. The zero-order chi connectivity index (χ0) is 14.1. The maximum Gasteiger partial charge on any atom is 0.344 e. The summed E-state index contributed by atoms with van der Waals surface area (Å²) in [5, 5.41) is 2.28. The van der Waals surface area contributed by atoms with Crippen molar-refractivity contribution in [2.45, 2.75) is 13.3 Å². The molecule has 2 aromatic carbocycles. The van der Waals surface area contributed by atoms with Crippen LogP contribution in [0.15, 0.2) is 45.6 Å². The highest BCUT2D eigenvalue weighted by Gasteiger charge is 2.07. The maximum atomic E-state index is 12.1. The summed E-state index contributed by atoms with van der Waals surface area (Å²) in [6.07, 6.45) is 0.781. The second kappa shape index (κ2) is 4.75. The number of hydrogen-bond donors (Lipinski definition) is 1. The maximum absolute atomic E-state index is 12.1. The van der Waals surface area contributed by atoms with Gasteiger partial charge in [0.1, 0.15) is 5.58 Å². The topological polar surface area (TPSA) is 56.2 Å². The summed E-state index contributed by atoms with van der Waals surface area (Å²) in [5.74, 6) is 6.01. The Morgan fingerprint density at radius 3 is 2.70 bits per heavy atom. The Labute approximate surface area is 116 Å². The van der Waals surface area contributed by atoms with E-state index in [9.17, 15) is 4.79 Å². The summed E-state index contributed by atoms with van der Waals surface area (Å²) in [6, 6.07) is 10.9. The van der Waals surface area contributed by atoms with E-state index < -0.39 is 0 Å². The van der Waals surface area contributed by atoms with Crippen LogP contribution in [0.2, 0.25) is 0 Å². The third kappa shape index (κ3) is 2.02. The molecule has 0 saturated heterocycles. The lowest BCUT2D eigenvalue weighted by molar-refractivity contribution is 0.570. The average molecular weight is 263 g/mol. The largest absolute Gasteiger partial charge is 0.422 e. The first-order valence-corrected chi connectivity index (χ1v) is 6.44. The Bertz CT molecular complexity index is 927. The van der Waals surface area contributed by atoms with E-state index in [4.69, 9.17) is 10.2 Å². The monoisotopic (exact) mass is 263 g/mol. The van der Waals surface area contributed by atoms with Crippen LogP contribution in [0.3, 0.4) is 0 Å². The molecular formula is C17H13NO2. The van der Waals surface area contributed by atoms with Gasteiger partial charge in [-0.25, -0.2) is 4.79 Å². The van der Waals surface area contributed by atoms with Crippen LogP contribution in [-0.4, -0.2) is 0 Å². The van der Waals surface area contributed by atoms with Gasteiger partial charge in [-0.15, -0.1) is 0 Å². The van der Waals surface area contributed by atoms with Crippen LogP contribution < -0.4 is 11.4 Å². The van der Waals surface area contributed by atoms with Gasteiger partial charge in [-0.1, -0.05) is 24.8 Å². The first kappa shape index (κ1) is 12.3. The molecule has 0 fully saturated rings. The van der Waals surface area contributed by atoms with Gasteiger partial charge in [0.15, 0.2) is 0 Å². The molecule has 0 bridgehead atoms. The number of anilines is 1. The lowest BCUT2D eigenvalue weighted by Gasteiger charge is -2.03. The van der Waals surface area contributed by atoms with Crippen LogP contribution in [0.5, 0.6) is 0 Å². The summed E-state index contributed by atoms with van der Waals surface area (Å²) < 4.78 is 5.33. The summed E-state index contributed by atoms with van der Waals surface area (Å²) in [6.45, 7) is 1.99. The van der Waals surface area contributed by atoms with Crippen molar-refractivity contribution >= 4 is 27.4 Å². The smallest absolute Gasteiger partial charge is 0.344 e. The van der Waals surface area contributed by atoms with Gasteiger partial charge >= 0.3 is 5.63 Å². The van der Waals surface area contributed by atoms with Crippen molar-refractivity contribution in [3.8, 4) is 11.8 Å². The van der Waals surface area contributed by atoms with Gasteiger partial charge < -0.3 is 10.2 Å². The summed E-state index contributed by atoms with van der Waals surface area (Å²) in [7, 11) is 0. The van der Waals surface area contributed by atoms with Gasteiger partial charge in [0, 0.05) is 34.5 Å². The Hall–Kier alpha value is -2.73. The Morgan fingerprint density at radius 1 is 1.10 bits per heavy atom. The van der Waals surface area contributed by atoms with Crippen molar-refractivity contribution in [3.63, 3.8) is 0 Å². The van der Waals surface area contributed by atoms with Gasteiger partial charge in [0.2, 0.25) is 0 Å². The lowest BCUT2D eigenvalue weighted by atomic mass is 10.0. The molecule has 0 aliphatic carbocycles. The molecule has 0 saturated carbocycles. The quantitative estimate of drug-likeness (QED) is 0.293. The molecular weight excluding hydrogens is 250 g/mol. The number of nitrogen functional groups attached to an aromatic ring is 1. The lowest BCUT2D eigenvalue weighted by Crippen LogP contribution is -2.00. The first-order valence-electron chi connectivity index (χ1n) is 6.44. The SMILES string of the molecule is CCC#Cc1ccc2c(c1)c(=O)oc1cc(N)ccc12. The van der Waals surface area contributed by atoms with Crippen molar-refractivity contribution in [1.82, 2.24) is 0 Å². The van der Waals surface area contributed by atoms with E-state index in [1.807, 2.05) is 25.1 Å². The number of fused-ring (bicyclic) bond motifs is 3. The van der Waals surface area contributed by atoms with E-state index in [1.54, 1.807) is 18.2 Å². The van der Waals surface area contributed by atoms with Crippen LogP contribution >= 0.6 is 0 Å². The standard InChI is InChI=1S/C17H13NO2/c1-2-3-4-11-5-7-13-14-8-6-12(18)10-16(14)20-17(19)15(13)9-11/h5-10H,2,18H2,1H3. The molecule has 0 amide bonds. The van der Waals surface area contributed by atoms with Crippen LogP contribution in [-0.2, 0) is 0 Å². The Morgan fingerprint density at radius 2 is 1.90 bits per heavy atom. The van der Waals surface area contributed by atoms with E-state index >= 15 is 0 Å². The molecule has 3 rings (SSSR count). The Balaban J connectivity index is 2.37. The number of benzene rings is 2. The van der Waals surface area contributed by atoms with Gasteiger partial charge in [-0.2, -0.15) is 0 Å². The second-order valence-corrected chi connectivity index (χ2v) is 4.56. The highest BCUT2D eigenvalue weighted by atomic mass is 16.4. The molecule has 3 aromatic rings. The van der Waals surface area contributed by atoms with Gasteiger partial charge in [-0.3, -0.25) is 0 Å². The normalized spacial score (nSPS) is 10.4. The second-order valence-electron chi connectivity index (χ2n) is 4.56. The van der Waals surface area contributed by atoms with Gasteiger partial charge in [0.05, 0.1) is 5.39 Å². The van der Waals surface area contributed by atoms with Gasteiger partial charge in [-0.05, 0) is 24.3 Å². The van der Waals surface area contributed by atoms with Gasteiger partial charge in [0.25, 0.3) is 0 Å². The van der Waals surface area contributed by atoms with Crippen molar-refractivity contribution in [2.75, 3.05) is 5.73 Å². The van der Waals surface area contributed by atoms with Crippen LogP contribution in [0.1, 0.15) is 18.9 Å². The first-order chi connectivity index (χ1) is 9.69. The van der Waals surface area contributed by atoms with Crippen molar-refractivity contribution in [1.29, 1.82) is 0 Å². The minimum Gasteiger partial charge on any atom is -0.422 e. The molecule has 0 aliphatic heterocycles. The van der Waals surface area contributed by atoms with Crippen molar-refractivity contribution in [3.05, 3.63) is 52.4 Å². The molecule has 20 heavy (non-hydrogen) atoms. The highest BCUT2D eigenvalue weighted by Crippen LogP contribution is 2.25. The fourth-order valence-corrected chi connectivity index (χ4v) is 2.22.